The maximum absolute atomic E-state index is 12.2. The van der Waals surface area contributed by atoms with E-state index in [1.54, 1.807) is 6.08 Å². The van der Waals surface area contributed by atoms with Gasteiger partial charge in [-0.25, -0.2) is 0 Å². The first-order chi connectivity index (χ1) is 11.8. The molecule has 6 heteroatoms. The van der Waals surface area contributed by atoms with Gasteiger partial charge in [0.2, 0.25) is 5.91 Å². The summed E-state index contributed by atoms with van der Waals surface area (Å²) >= 11 is 1.50. The molecule has 0 aromatic carbocycles. The molecule has 25 heavy (non-hydrogen) atoms. The van der Waals surface area contributed by atoms with Crippen LogP contribution >= 0.6 is 11.3 Å². The van der Waals surface area contributed by atoms with Gasteiger partial charge in [-0.1, -0.05) is 13.0 Å². The van der Waals surface area contributed by atoms with Crippen molar-refractivity contribution in [3.63, 3.8) is 0 Å². The van der Waals surface area contributed by atoms with Crippen LogP contribution < -0.4 is 10.6 Å². The number of amides is 1. The van der Waals surface area contributed by atoms with Crippen LogP contribution in [0.4, 0.5) is 0 Å². The normalized spacial score (nSPS) is 13.8. The zero-order valence-corrected chi connectivity index (χ0v) is 16.8. The maximum Gasteiger partial charge on any atom is 0.246 e. The number of hydrogen-bond acceptors (Lipinski definition) is 5. The van der Waals surface area contributed by atoms with Crippen molar-refractivity contribution in [3.05, 3.63) is 33.5 Å². The Bertz CT molecular complexity index is 620. The lowest BCUT2D eigenvalue weighted by Gasteiger charge is -2.25. The van der Waals surface area contributed by atoms with Gasteiger partial charge >= 0.3 is 0 Å². The van der Waals surface area contributed by atoms with Gasteiger partial charge in [-0.15, -0.1) is 11.3 Å². The van der Waals surface area contributed by atoms with Crippen molar-refractivity contribution in [2.75, 3.05) is 26.7 Å². The molecule has 0 unspecified atom stereocenters. The van der Waals surface area contributed by atoms with E-state index in [0.29, 0.717) is 13.1 Å². The second-order valence-electron chi connectivity index (χ2n) is 6.92. The van der Waals surface area contributed by atoms with E-state index in [-0.39, 0.29) is 11.4 Å². The molecule has 2 rings (SSSR count). The third-order valence-corrected chi connectivity index (χ3v) is 4.73. The third kappa shape index (κ3) is 7.82. The smallest absolute Gasteiger partial charge is 0.246 e. The van der Waals surface area contributed by atoms with Crippen LogP contribution in [0.2, 0.25) is 0 Å². The lowest BCUT2D eigenvalue weighted by molar-refractivity contribution is -0.126. The quantitative estimate of drug-likeness (QED) is 0.808. The number of carbonyl (C=O) groups is 1. The molecular weight excluding hydrogens is 332 g/mol. The number of nitriles is 1. The van der Waals surface area contributed by atoms with Gasteiger partial charge in [0, 0.05) is 29.6 Å². The summed E-state index contributed by atoms with van der Waals surface area (Å²) in [5.41, 5.74) is 1.27. The van der Waals surface area contributed by atoms with Gasteiger partial charge in [-0.2, -0.15) is 5.26 Å². The summed E-state index contributed by atoms with van der Waals surface area (Å²) in [6, 6.07) is 4.13. The van der Waals surface area contributed by atoms with Crippen LogP contribution in [-0.4, -0.2) is 43.0 Å². The van der Waals surface area contributed by atoms with Gasteiger partial charge in [-0.3, -0.25) is 4.79 Å². The lowest BCUT2D eigenvalue weighted by atomic mass is 10.1. The minimum absolute atomic E-state index is 0.0447. The van der Waals surface area contributed by atoms with Crippen LogP contribution in [0, 0.1) is 11.3 Å². The predicted molar refractivity (Wildman–Crippen MR) is 105 cm³/mol. The number of hydrogen-bond donors (Lipinski definition) is 2. The molecule has 1 aromatic heterocycles. The minimum Gasteiger partial charge on any atom is -0.334 e. The van der Waals surface area contributed by atoms with Crippen molar-refractivity contribution in [3.8, 4) is 6.07 Å². The number of carbonyl (C=O) groups excluding carboxylic acids is 1. The Morgan fingerprint density at radius 1 is 1.48 bits per heavy atom. The largest absolute Gasteiger partial charge is 0.334 e. The predicted octanol–water partition coefficient (Wildman–Crippen LogP) is 2.67. The zero-order chi connectivity index (χ0) is 18.9. The molecule has 1 aliphatic rings. The molecule has 2 heterocycles. The Kier molecular flexibility index (Phi) is 8.84. The van der Waals surface area contributed by atoms with E-state index < -0.39 is 0 Å². The van der Waals surface area contributed by atoms with E-state index >= 15 is 0 Å². The Morgan fingerprint density at radius 2 is 2.16 bits per heavy atom. The highest BCUT2D eigenvalue weighted by atomic mass is 32.1. The van der Waals surface area contributed by atoms with Gasteiger partial charge in [0.25, 0.3) is 0 Å². The van der Waals surface area contributed by atoms with E-state index in [4.69, 9.17) is 5.26 Å². The summed E-state index contributed by atoms with van der Waals surface area (Å²) in [6.45, 7) is 11.5. The number of thiophene rings is 1. The van der Waals surface area contributed by atoms with Gasteiger partial charge in [0.15, 0.2) is 0 Å². The monoisotopic (exact) mass is 362 g/mol. The fourth-order valence-electron chi connectivity index (χ4n) is 2.19. The van der Waals surface area contributed by atoms with E-state index in [1.807, 2.05) is 24.1 Å². The third-order valence-electron chi connectivity index (χ3n) is 3.67. The first kappa shape index (κ1) is 21.4. The Morgan fingerprint density at radius 3 is 2.72 bits per heavy atom. The molecule has 138 valence electrons. The number of rotatable bonds is 4. The van der Waals surface area contributed by atoms with E-state index in [2.05, 4.69) is 44.4 Å². The fourth-order valence-corrected chi connectivity index (χ4v) is 3.22. The summed E-state index contributed by atoms with van der Waals surface area (Å²) in [5, 5.41) is 15.2. The number of fused-ring (bicyclic) bond motifs is 1. The average Bonchev–Trinajstić information content (AvgIpc) is 3.00. The molecular formula is C19H30N4OS. The second kappa shape index (κ2) is 10.3. The molecule has 0 saturated heterocycles. The van der Waals surface area contributed by atoms with Crippen LogP contribution in [-0.2, 0) is 17.8 Å². The summed E-state index contributed by atoms with van der Waals surface area (Å²) in [4.78, 5) is 15.9. The Labute approximate surface area is 155 Å². The summed E-state index contributed by atoms with van der Waals surface area (Å²) < 4.78 is 0. The minimum atomic E-state index is 0.0447. The molecule has 0 aliphatic carbocycles. The van der Waals surface area contributed by atoms with Crippen LogP contribution in [0.25, 0.3) is 0 Å². The summed E-state index contributed by atoms with van der Waals surface area (Å²) in [6.07, 6.45) is 4.36. The Balaban J connectivity index is 0.000000705. The van der Waals surface area contributed by atoms with Crippen LogP contribution in [0.1, 0.15) is 43.0 Å². The number of nitrogens with zero attached hydrogens (tertiary/aromatic N) is 2. The van der Waals surface area contributed by atoms with E-state index in [1.165, 1.54) is 16.9 Å². The molecule has 0 atom stereocenters. The molecule has 2 N–H and O–H groups in total. The molecule has 0 radical (unpaired) electrons. The SMILES string of the molecule is CC(C)(C)NC/C=C/C(=O)N1CCc2cc(C#N)sc2C1.CCNC. The topological polar surface area (TPSA) is 68.2 Å². The average molecular weight is 363 g/mol. The maximum atomic E-state index is 12.2. The molecule has 1 aromatic rings. The van der Waals surface area contributed by atoms with Crippen molar-refractivity contribution >= 4 is 17.2 Å². The van der Waals surface area contributed by atoms with E-state index in [0.717, 1.165) is 29.3 Å². The van der Waals surface area contributed by atoms with Crippen molar-refractivity contribution in [1.82, 2.24) is 15.5 Å². The fraction of sp³-hybridized carbons (Fsp3) is 0.579. The van der Waals surface area contributed by atoms with Crippen molar-refractivity contribution < 1.29 is 4.79 Å². The lowest BCUT2D eigenvalue weighted by Crippen LogP contribution is -2.36. The highest BCUT2D eigenvalue weighted by molar-refractivity contribution is 7.12. The molecule has 0 bridgehead atoms. The number of nitrogens with one attached hydrogen (secondary N) is 2. The first-order valence-electron chi connectivity index (χ1n) is 8.67. The Hall–Kier alpha value is -1.68. The highest BCUT2D eigenvalue weighted by Crippen LogP contribution is 2.27. The highest BCUT2D eigenvalue weighted by Gasteiger charge is 2.21. The molecule has 1 amide bonds. The zero-order valence-electron chi connectivity index (χ0n) is 16.0. The van der Waals surface area contributed by atoms with Crippen LogP contribution in [0.3, 0.4) is 0 Å². The summed E-state index contributed by atoms with van der Waals surface area (Å²) in [5.74, 6) is 0.0447. The second-order valence-corrected chi connectivity index (χ2v) is 8.06. The van der Waals surface area contributed by atoms with Crippen LogP contribution in [0.15, 0.2) is 18.2 Å². The molecule has 1 aliphatic heterocycles. The summed E-state index contributed by atoms with van der Waals surface area (Å²) in [7, 11) is 1.93. The van der Waals surface area contributed by atoms with Gasteiger partial charge < -0.3 is 15.5 Å². The van der Waals surface area contributed by atoms with Crippen molar-refractivity contribution in [1.29, 1.82) is 5.26 Å². The first-order valence-corrected chi connectivity index (χ1v) is 9.49. The van der Waals surface area contributed by atoms with Gasteiger partial charge in [-0.05, 0) is 52.4 Å². The van der Waals surface area contributed by atoms with Crippen molar-refractivity contribution in [2.24, 2.45) is 0 Å². The molecule has 5 nitrogen and oxygen atoms in total. The van der Waals surface area contributed by atoms with Crippen LogP contribution in [0.5, 0.6) is 0 Å². The van der Waals surface area contributed by atoms with Gasteiger partial charge in [0.1, 0.15) is 10.9 Å². The standard InChI is InChI=1S/C16H21N3OS.C3H9N/c1-16(2,3)18-7-4-5-15(20)19-8-6-12-9-13(10-17)21-14(12)11-19;1-3-4-2/h4-5,9,18H,6-8,11H2,1-3H3;4H,3H2,1-2H3/b5-4+;. The molecule has 0 spiro atoms. The molecule has 0 fully saturated rings. The van der Waals surface area contributed by atoms with Gasteiger partial charge in [0.05, 0.1) is 6.54 Å². The molecule has 0 saturated carbocycles. The van der Waals surface area contributed by atoms with Crippen molar-refractivity contribution in [2.45, 2.75) is 46.2 Å². The van der Waals surface area contributed by atoms with E-state index in [9.17, 15) is 4.79 Å².